The Kier molecular flexibility index (Phi) is 5.80. The highest BCUT2D eigenvalue weighted by molar-refractivity contribution is 5.94. The van der Waals surface area contributed by atoms with Crippen LogP contribution in [0.15, 0.2) is 72.8 Å². The molecule has 4 heteroatoms. The minimum absolute atomic E-state index is 0.194. The Labute approximate surface area is 171 Å². The highest BCUT2D eigenvalue weighted by Crippen LogP contribution is 2.40. The Morgan fingerprint density at radius 1 is 0.793 bits per heavy atom. The third-order valence-electron chi connectivity index (χ3n) is 5.48. The van der Waals surface area contributed by atoms with E-state index in [-0.39, 0.29) is 17.8 Å². The van der Waals surface area contributed by atoms with Gasteiger partial charge in [0.2, 0.25) is 0 Å². The molecule has 3 aromatic rings. The molecule has 0 aliphatic heterocycles. The molecule has 0 aromatic heterocycles. The number of aromatic hydroxyl groups is 1. The molecule has 0 heterocycles. The molecule has 1 fully saturated rings. The maximum Gasteiger partial charge on any atom is 0.319 e. The van der Waals surface area contributed by atoms with Crippen molar-refractivity contribution in [3.05, 3.63) is 72.8 Å². The van der Waals surface area contributed by atoms with Crippen molar-refractivity contribution in [1.29, 1.82) is 0 Å². The lowest BCUT2D eigenvalue weighted by Gasteiger charge is -2.23. The number of carbonyl (C=O) groups is 1. The van der Waals surface area contributed by atoms with Crippen LogP contribution in [0.3, 0.4) is 0 Å². The van der Waals surface area contributed by atoms with Crippen molar-refractivity contribution in [1.82, 2.24) is 5.32 Å². The lowest BCUT2D eigenvalue weighted by atomic mass is 9.95. The molecule has 4 rings (SSSR count). The molecule has 0 radical (unpaired) electrons. The summed E-state index contributed by atoms with van der Waals surface area (Å²) in [7, 11) is 0. The molecule has 3 aromatic carbocycles. The Hall–Kier alpha value is -3.27. The molecule has 0 atom stereocenters. The minimum Gasteiger partial charge on any atom is -0.507 e. The number of phenolic OH excluding ortho intramolecular Hbond substituents is 1. The second kappa shape index (κ2) is 8.82. The second-order valence-corrected chi connectivity index (χ2v) is 7.59. The van der Waals surface area contributed by atoms with Crippen LogP contribution in [-0.2, 0) is 0 Å². The predicted molar refractivity (Wildman–Crippen MR) is 118 cm³/mol. The number of anilines is 1. The molecule has 0 unspecified atom stereocenters. The average molecular weight is 386 g/mol. The SMILES string of the molecule is O=C(Nc1cc(-c2ccccc2)c(O)c(-c2ccccc2)c1)NC1CCCCC1. The Bertz CT molecular complexity index is 904. The van der Waals surface area contributed by atoms with Crippen LogP contribution >= 0.6 is 0 Å². The first-order valence-electron chi connectivity index (χ1n) is 10.3. The van der Waals surface area contributed by atoms with E-state index >= 15 is 0 Å². The van der Waals surface area contributed by atoms with E-state index in [2.05, 4.69) is 10.6 Å². The molecule has 0 saturated heterocycles. The number of hydrogen-bond acceptors (Lipinski definition) is 2. The predicted octanol–water partition coefficient (Wildman–Crippen LogP) is 6.18. The number of carbonyl (C=O) groups excluding carboxylic acids is 1. The van der Waals surface area contributed by atoms with Gasteiger partial charge in [-0.1, -0.05) is 79.9 Å². The van der Waals surface area contributed by atoms with Crippen LogP contribution < -0.4 is 10.6 Å². The quantitative estimate of drug-likeness (QED) is 0.469. The van der Waals surface area contributed by atoms with Crippen LogP contribution in [0, 0.1) is 0 Å². The number of benzene rings is 3. The molecule has 4 nitrogen and oxygen atoms in total. The van der Waals surface area contributed by atoms with Crippen LogP contribution in [0.5, 0.6) is 5.75 Å². The van der Waals surface area contributed by atoms with Crippen LogP contribution in [-0.4, -0.2) is 17.2 Å². The summed E-state index contributed by atoms with van der Waals surface area (Å²) in [5.74, 6) is 0.209. The highest BCUT2D eigenvalue weighted by Gasteiger charge is 2.18. The summed E-state index contributed by atoms with van der Waals surface area (Å²) in [6.45, 7) is 0. The number of amides is 2. The molecular formula is C25H26N2O2. The maximum atomic E-state index is 12.6. The van der Waals surface area contributed by atoms with Crippen molar-refractivity contribution in [2.75, 3.05) is 5.32 Å². The Morgan fingerprint density at radius 2 is 1.31 bits per heavy atom. The van der Waals surface area contributed by atoms with Crippen LogP contribution in [0.4, 0.5) is 10.5 Å². The van der Waals surface area contributed by atoms with Gasteiger partial charge >= 0.3 is 6.03 Å². The third kappa shape index (κ3) is 4.60. The number of hydrogen-bond donors (Lipinski definition) is 3. The van der Waals surface area contributed by atoms with Crippen molar-refractivity contribution < 1.29 is 9.90 Å². The molecule has 3 N–H and O–H groups in total. The topological polar surface area (TPSA) is 61.4 Å². The average Bonchev–Trinajstić information content (AvgIpc) is 2.76. The molecule has 2 amide bonds. The number of nitrogens with one attached hydrogen (secondary N) is 2. The van der Waals surface area contributed by atoms with Gasteiger partial charge in [-0.15, -0.1) is 0 Å². The fourth-order valence-electron chi connectivity index (χ4n) is 3.98. The zero-order valence-electron chi connectivity index (χ0n) is 16.4. The van der Waals surface area contributed by atoms with Gasteiger partial charge in [0.25, 0.3) is 0 Å². The fourth-order valence-corrected chi connectivity index (χ4v) is 3.98. The van der Waals surface area contributed by atoms with Gasteiger partial charge in [-0.2, -0.15) is 0 Å². The molecule has 1 saturated carbocycles. The van der Waals surface area contributed by atoms with E-state index in [0.29, 0.717) is 16.8 Å². The standard InChI is InChI=1S/C25H26N2O2/c28-24-22(18-10-4-1-5-11-18)16-21(17-23(24)19-12-6-2-7-13-19)27-25(29)26-20-14-8-3-9-15-20/h1-2,4-7,10-13,16-17,20,28H,3,8-9,14-15H2,(H2,26,27,29). The van der Waals surface area contributed by atoms with Crippen molar-refractivity contribution in [3.8, 4) is 28.0 Å². The molecule has 1 aliphatic carbocycles. The van der Waals surface area contributed by atoms with E-state index < -0.39 is 0 Å². The van der Waals surface area contributed by atoms with Crippen LogP contribution in [0.25, 0.3) is 22.3 Å². The van der Waals surface area contributed by atoms with Gasteiger partial charge in [0.05, 0.1) is 0 Å². The molecule has 1 aliphatic rings. The highest BCUT2D eigenvalue weighted by atomic mass is 16.3. The lowest BCUT2D eigenvalue weighted by molar-refractivity contribution is 0.244. The molecule has 29 heavy (non-hydrogen) atoms. The molecule has 0 spiro atoms. The smallest absolute Gasteiger partial charge is 0.319 e. The van der Waals surface area contributed by atoms with Crippen molar-refractivity contribution >= 4 is 11.7 Å². The van der Waals surface area contributed by atoms with Crippen LogP contribution in [0.1, 0.15) is 32.1 Å². The van der Waals surface area contributed by atoms with E-state index in [1.54, 1.807) is 0 Å². The largest absolute Gasteiger partial charge is 0.507 e. The number of phenols is 1. The summed E-state index contributed by atoms with van der Waals surface area (Å²) in [5, 5.41) is 17.1. The number of urea groups is 1. The van der Waals surface area contributed by atoms with Crippen molar-refractivity contribution in [3.63, 3.8) is 0 Å². The first-order chi connectivity index (χ1) is 14.2. The van der Waals surface area contributed by atoms with Gasteiger partial charge in [-0.05, 0) is 36.1 Å². The number of rotatable bonds is 4. The summed E-state index contributed by atoms with van der Waals surface area (Å²) in [5.41, 5.74) is 3.85. The molecule has 148 valence electrons. The minimum atomic E-state index is -0.194. The third-order valence-corrected chi connectivity index (χ3v) is 5.48. The molecule has 0 bridgehead atoms. The summed E-state index contributed by atoms with van der Waals surface area (Å²) in [6, 6.07) is 23.2. The Morgan fingerprint density at radius 3 is 1.83 bits per heavy atom. The maximum absolute atomic E-state index is 12.6. The monoisotopic (exact) mass is 386 g/mol. The fraction of sp³-hybridized carbons (Fsp3) is 0.240. The van der Waals surface area contributed by atoms with Crippen molar-refractivity contribution in [2.45, 2.75) is 38.1 Å². The zero-order chi connectivity index (χ0) is 20.1. The van der Waals surface area contributed by atoms with Gasteiger partial charge in [0.1, 0.15) is 5.75 Å². The van der Waals surface area contributed by atoms with Gasteiger partial charge in [-0.25, -0.2) is 4.79 Å². The summed E-state index contributed by atoms with van der Waals surface area (Å²) < 4.78 is 0. The first-order valence-corrected chi connectivity index (χ1v) is 10.3. The van der Waals surface area contributed by atoms with Gasteiger partial charge in [0, 0.05) is 22.9 Å². The van der Waals surface area contributed by atoms with E-state index in [1.807, 2.05) is 72.8 Å². The van der Waals surface area contributed by atoms with E-state index in [4.69, 9.17) is 0 Å². The summed E-state index contributed by atoms with van der Waals surface area (Å²) in [4.78, 5) is 12.6. The second-order valence-electron chi connectivity index (χ2n) is 7.59. The van der Waals surface area contributed by atoms with E-state index in [9.17, 15) is 9.90 Å². The first kappa shape index (κ1) is 19.1. The lowest BCUT2D eigenvalue weighted by Crippen LogP contribution is -2.39. The normalized spacial score (nSPS) is 14.3. The summed E-state index contributed by atoms with van der Waals surface area (Å²) >= 11 is 0. The van der Waals surface area contributed by atoms with Gasteiger partial charge in [-0.3, -0.25) is 0 Å². The van der Waals surface area contributed by atoms with Crippen LogP contribution in [0.2, 0.25) is 0 Å². The Balaban J connectivity index is 1.67. The van der Waals surface area contributed by atoms with E-state index in [1.165, 1.54) is 19.3 Å². The molecular weight excluding hydrogens is 360 g/mol. The van der Waals surface area contributed by atoms with Gasteiger partial charge < -0.3 is 15.7 Å². The summed E-state index contributed by atoms with van der Waals surface area (Å²) in [6.07, 6.45) is 5.65. The van der Waals surface area contributed by atoms with Crippen molar-refractivity contribution in [2.24, 2.45) is 0 Å². The van der Waals surface area contributed by atoms with Gasteiger partial charge in [0.15, 0.2) is 0 Å². The zero-order valence-corrected chi connectivity index (χ0v) is 16.4. The van der Waals surface area contributed by atoms with E-state index in [0.717, 1.165) is 24.0 Å².